The highest BCUT2D eigenvalue weighted by atomic mass is 14.8. The maximum Gasteiger partial charge on any atom is 0.0978 e. The molecule has 0 amide bonds. The summed E-state index contributed by atoms with van der Waals surface area (Å²) in [5, 5.41) is 12.0. The van der Waals surface area contributed by atoms with E-state index in [1.807, 2.05) is 0 Å². The molecule has 0 radical (unpaired) electrons. The van der Waals surface area contributed by atoms with Crippen LogP contribution in [0.3, 0.4) is 0 Å². The fourth-order valence-corrected chi connectivity index (χ4v) is 8.49. The lowest BCUT2D eigenvalue weighted by molar-refractivity contribution is 1.37. The van der Waals surface area contributed by atoms with Gasteiger partial charge >= 0.3 is 0 Å². The zero-order valence-corrected chi connectivity index (χ0v) is 29.4. The molecule has 0 aliphatic carbocycles. The number of rotatable bonds is 4. The molecule has 2 nitrogen and oxygen atoms in total. The molecule has 9 aromatic carbocycles. The van der Waals surface area contributed by atoms with Crippen LogP contribution in [0, 0.1) is 0 Å². The third kappa shape index (κ3) is 4.81. The lowest BCUT2D eigenvalue weighted by Gasteiger charge is -2.18. The van der Waals surface area contributed by atoms with Gasteiger partial charge in [0.25, 0.3) is 0 Å². The molecule has 250 valence electrons. The quantitative estimate of drug-likeness (QED) is 0.172. The molecular weight excluding hydrogens is 653 g/mol. The summed E-state index contributed by atoms with van der Waals surface area (Å²) < 4.78 is 0. The highest BCUT2D eigenvalue weighted by Gasteiger charge is 2.20. The first-order valence-electron chi connectivity index (χ1n) is 18.5. The van der Waals surface area contributed by atoms with Crippen LogP contribution in [0.2, 0.25) is 0 Å². The fourth-order valence-electron chi connectivity index (χ4n) is 8.49. The monoisotopic (exact) mass is 684 g/mol. The van der Waals surface area contributed by atoms with Crippen LogP contribution >= 0.6 is 0 Å². The summed E-state index contributed by atoms with van der Waals surface area (Å²) in [6.07, 6.45) is 0. The largest absolute Gasteiger partial charge is 0.245 e. The topological polar surface area (TPSA) is 25.8 Å². The SMILES string of the molecule is c1ccc(-c2cc(-c3cc4ccccc4c4ccccc34)c3ccc4c(-c5cc6ccccc6c6ccccc56)cc(-c5ccccc5)nc4c3n2)cc1. The lowest BCUT2D eigenvalue weighted by Crippen LogP contribution is -1.96. The summed E-state index contributed by atoms with van der Waals surface area (Å²) in [6, 6.07) is 69.8. The van der Waals surface area contributed by atoms with Crippen molar-refractivity contribution < 1.29 is 0 Å². The predicted octanol–water partition coefficient (Wildman–Crippen LogP) is 14.1. The van der Waals surface area contributed by atoms with Crippen LogP contribution in [0.5, 0.6) is 0 Å². The standard InChI is InChI=1S/C52H32N2/c1-3-15-33(16-4-1)49-31-47(45-29-35-19-7-9-21-37(35)39-23-11-13-25-41(39)45)43-27-28-44-48(32-50(34-17-5-2-6-18-34)54-52(44)51(43)53-49)46-30-36-20-8-10-22-38(36)40-24-12-14-26-42(40)46/h1-32H. The molecule has 2 aromatic heterocycles. The van der Waals surface area contributed by atoms with Crippen LogP contribution in [0.15, 0.2) is 194 Å². The third-order valence-electron chi connectivity index (χ3n) is 11.0. The second kappa shape index (κ2) is 12.2. The van der Waals surface area contributed by atoms with Gasteiger partial charge in [-0.05, 0) is 89.6 Å². The number of aromatic nitrogens is 2. The Morgan fingerprint density at radius 1 is 0.241 bits per heavy atom. The predicted molar refractivity (Wildman–Crippen MR) is 229 cm³/mol. The Hall–Kier alpha value is -7.16. The number of nitrogens with zero attached hydrogens (tertiary/aromatic N) is 2. The highest BCUT2D eigenvalue weighted by molar-refractivity contribution is 6.21. The average Bonchev–Trinajstić information content (AvgIpc) is 3.25. The van der Waals surface area contributed by atoms with E-state index in [-0.39, 0.29) is 0 Å². The molecule has 0 N–H and O–H groups in total. The first kappa shape index (κ1) is 30.5. The molecule has 11 rings (SSSR count). The first-order valence-corrected chi connectivity index (χ1v) is 18.5. The van der Waals surface area contributed by atoms with Crippen LogP contribution in [-0.4, -0.2) is 9.97 Å². The minimum atomic E-state index is 0.894. The van der Waals surface area contributed by atoms with Crippen LogP contribution in [0.4, 0.5) is 0 Å². The molecule has 0 spiro atoms. The zero-order valence-electron chi connectivity index (χ0n) is 29.4. The van der Waals surface area contributed by atoms with E-state index in [4.69, 9.17) is 9.97 Å². The van der Waals surface area contributed by atoms with E-state index in [2.05, 4.69) is 194 Å². The molecule has 54 heavy (non-hydrogen) atoms. The summed E-state index contributed by atoms with van der Waals surface area (Å²) in [7, 11) is 0. The summed E-state index contributed by atoms with van der Waals surface area (Å²) >= 11 is 0. The number of pyridine rings is 2. The molecule has 2 heteroatoms. The lowest BCUT2D eigenvalue weighted by atomic mass is 9.88. The van der Waals surface area contributed by atoms with Gasteiger partial charge < -0.3 is 0 Å². The highest BCUT2D eigenvalue weighted by Crippen LogP contribution is 2.44. The summed E-state index contributed by atoms with van der Waals surface area (Å²) in [5.74, 6) is 0. The van der Waals surface area contributed by atoms with Crippen molar-refractivity contribution in [2.45, 2.75) is 0 Å². The second-order valence-electron chi connectivity index (χ2n) is 14.1. The van der Waals surface area contributed by atoms with Crippen molar-refractivity contribution in [2.24, 2.45) is 0 Å². The Bertz CT molecular complexity index is 3040. The van der Waals surface area contributed by atoms with Gasteiger partial charge in [0.15, 0.2) is 0 Å². The fraction of sp³-hybridized carbons (Fsp3) is 0. The maximum absolute atomic E-state index is 5.52. The molecule has 0 atom stereocenters. The van der Waals surface area contributed by atoms with E-state index >= 15 is 0 Å². The van der Waals surface area contributed by atoms with E-state index in [1.165, 1.54) is 54.2 Å². The van der Waals surface area contributed by atoms with Crippen LogP contribution in [-0.2, 0) is 0 Å². The van der Waals surface area contributed by atoms with Crippen molar-refractivity contribution in [3.05, 3.63) is 194 Å². The van der Waals surface area contributed by atoms with E-state index in [0.29, 0.717) is 0 Å². The Morgan fingerprint density at radius 2 is 0.574 bits per heavy atom. The molecular formula is C52H32N2. The molecule has 0 aliphatic rings. The van der Waals surface area contributed by atoms with Crippen molar-refractivity contribution in [2.75, 3.05) is 0 Å². The van der Waals surface area contributed by atoms with Crippen molar-refractivity contribution in [1.82, 2.24) is 9.97 Å². The Kier molecular flexibility index (Phi) is 6.90. The van der Waals surface area contributed by atoms with Gasteiger partial charge in [-0.2, -0.15) is 0 Å². The summed E-state index contributed by atoms with van der Waals surface area (Å²) in [5.41, 5.74) is 10.4. The zero-order chi connectivity index (χ0) is 35.6. The van der Waals surface area contributed by atoms with Gasteiger partial charge in [-0.25, -0.2) is 9.97 Å². The van der Waals surface area contributed by atoms with Crippen LogP contribution < -0.4 is 0 Å². The number of fused-ring (bicyclic) bond motifs is 9. The summed E-state index contributed by atoms with van der Waals surface area (Å²) in [4.78, 5) is 11.0. The summed E-state index contributed by atoms with van der Waals surface area (Å²) in [6.45, 7) is 0. The smallest absolute Gasteiger partial charge is 0.0978 e. The normalized spacial score (nSPS) is 11.7. The van der Waals surface area contributed by atoms with Crippen LogP contribution in [0.25, 0.3) is 110 Å². The van der Waals surface area contributed by atoms with Crippen molar-refractivity contribution in [3.8, 4) is 44.8 Å². The van der Waals surface area contributed by atoms with Gasteiger partial charge in [0, 0.05) is 21.9 Å². The van der Waals surface area contributed by atoms with Gasteiger partial charge in [-0.3, -0.25) is 0 Å². The van der Waals surface area contributed by atoms with Gasteiger partial charge in [-0.15, -0.1) is 0 Å². The Morgan fingerprint density at radius 3 is 1.00 bits per heavy atom. The van der Waals surface area contributed by atoms with Crippen molar-refractivity contribution in [1.29, 1.82) is 0 Å². The van der Waals surface area contributed by atoms with Gasteiger partial charge in [0.2, 0.25) is 0 Å². The second-order valence-corrected chi connectivity index (χ2v) is 14.1. The molecule has 0 saturated heterocycles. The minimum Gasteiger partial charge on any atom is -0.245 e. The van der Waals surface area contributed by atoms with E-state index < -0.39 is 0 Å². The molecule has 0 fully saturated rings. The minimum absolute atomic E-state index is 0.894. The molecule has 0 saturated carbocycles. The number of hydrogen-bond acceptors (Lipinski definition) is 2. The average molecular weight is 685 g/mol. The molecule has 2 heterocycles. The molecule has 0 bridgehead atoms. The number of benzene rings is 9. The molecule has 0 unspecified atom stereocenters. The Labute approximate surface area is 312 Å². The van der Waals surface area contributed by atoms with Gasteiger partial charge in [0.05, 0.1) is 22.4 Å². The third-order valence-corrected chi connectivity index (χ3v) is 11.0. The van der Waals surface area contributed by atoms with E-state index in [0.717, 1.165) is 55.4 Å². The van der Waals surface area contributed by atoms with Crippen molar-refractivity contribution >= 4 is 64.9 Å². The molecule has 0 aliphatic heterocycles. The van der Waals surface area contributed by atoms with Crippen molar-refractivity contribution in [3.63, 3.8) is 0 Å². The van der Waals surface area contributed by atoms with E-state index in [9.17, 15) is 0 Å². The first-order chi connectivity index (χ1) is 26.8. The van der Waals surface area contributed by atoms with E-state index in [1.54, 1.807) is 0 Å². The Balaban J connectivity index is 1.30. The molecule has 11 aromatic rings. The van der Waals surface area contributed by atoms with Gasteiger partial charge in [-0.1, -0.05) is 170 Å². The number of hydrogen-bond donors (Lipinski definition) is 0. The van der Waals surface area contributed by atoms with Gasteiger partial charge in [0.1, 0.15) is 0 Å². The van der Waals surface area contributed by atoms with Crippen LogP contribution in [0.1, 0.15) is 0 Å². The maximum atomic E-state index is 5.52.